The zero-order valence-corrected chi connectivity index (χ0v) is 17.8. The number of anilines is 2. The van der Waals surface area contributed by atoms with Gasteiger partial charge in [-0.05, 0) is 36.2 Å². The van der Waals surface area contributed by atoms with Crippen LogP contribution in [0.15, 0.2) is 47.5 Å². The van der Waals surface area contributed by atoms with Crippen LogP contribution in [0.5, 0.6) is 0 Å². The molecule has 4 N–H and O–H groups in total. The molecule has 3 rings (SSSR count). The van der Waals surface area contributed by atoms with Crippen molar-refractivity contribution >= 4 is 40.7 Å². The summed E-state index contributed by atoms with van der Waals surface area (Å²) in [5.41, 5.74) is 3.60. The molecule has 0 aromatic heterocycles. The lowest BCUT2D eigenvalue weighted by atomic mass is 9.90. The first kappa shape index (κ1) is 21.6. The summed E-state index contributed by atoms with van der Waals surface area (Å²) >= 11 is 6.15. The first-order chi connectivity index (χ1) is 14.5. The monoisotopic (exact) mass is 427 g/mol. The minimum atomic E-state index is -0.137. The maximum absolute atomic E-state index is 12.2. The van der Waals surface area contributed by atoms with Crippen LogP contribution < -0.4 is 21.3 Å². The van der Waals surface area contributed by atoms with Gasteiger partial charge in [0, 0.05) is 44.6 Å². The SMILES string of the molecule is CN=C(NCCC(=O)Nc1ccc(C)cc1Cl)NCC1CC(=O)Nc2ccccc21. The third-order valence-corrected chi connectivity index (χ3v) is 5.20. The van der Waals surface area contributed by atoms with Gasteiger partial charge in [-0.3, -0.25) is 14.6 Å². The molecule has 158 valence electrons. The minimum Gasteiger partial charge on any atom is -0.356 e. The highest BCUT2D eigenvalue weighted by atomic mass is 35.5. The molecule has 2 aromatic carbocycles. The number of rotatable bonds is 6. The molecule has 2 aromatic rings. The minimum absolute atomic E-state index is 0.00915. The Morgan fingerprint density at radius 1 is 1.23 bits per heavy atom. The number of aryl methyl sites for hydroxylation is 1. The van der Waals surface area contributed by atoms with Gasteiger partial charge in [0.05, 0.1) is 10.7 Å². The molecule has 2 amide bonds. The van der Waals surface area contributed by atoms with Crippen LogP contribution >= 0.6 is 11.6 Å². The molecule has 1 atom stereocenters. The third kappa shape index (κ3) is 5.73. The maximum Gasteiger partial charge on any atom is 0.226 e. The number of fused-ring (bicyclic) bond motifs is 1. The van der Waals surface area contributed by atoms with E-state index in [1.165, 1.54) is 0 Å². The van der Waals surface area contributed by atoms with Crippen LogP contribution in [0.3, 0.4) is 0 Å². The largest absolute Gasteiger partial charge is 0.356 e. The lowest BCUT2D eigenvalue weighted by Crippen LogP contribution is -2.41. The highest BCUT2D eigenvalue weighted by molar-refractivity contribution is 6.33. The molecule has 8 heteroatoms. The second-order valence-corrected chi connectivity index (χ2v) is 7.61. The van der Waals surface area contributed by atoms with Gasteiger partial charge in [0.25, 0.3) is 0 Å². The zero-order valence-electron chi connectivity index (χ0n) is 17.1. The maximum atomic E-state index is 12.2. The molecule has 30 heavy (non-hydrogen) atoms. The van der Waals surface area contributed by atoms with Crippen molar-refractivity contribution in [1.29, 1.82) is 0 Å². The number of hydrogen-bond donors (Lipinski definition) is 4. The number of carbonyl (C=O) groups excluding carboxylic acids is 2. The number of para-hydroxylation sites is 1. The number of nitrogens with zero attached hydrogens (tertiary/aromatic N) is 1. The van der Waals surface area contributed by atoms with Gasteiger partial charge in [-0.25, -0.2) is 0 Å². The molecule has 0 saturated carbocycles. The topological polar surface area (TPSA) is 94.6 Å². The summed E-state index contributed by atoms with van der Waals surface area (Å²) in [6.45, 7) is 2.92. The van der Waals surface area contributed by atoms with E-state index in [0.717, 1.165) is 16.8 Å². The van der Waals surface area contributed by atoms with Gasteiger partial charge >= 0.3 is 0 Å². The van der Waals surface area contributed by atoms with Crippen molar-refractivity contribution in [3.63, 3.8) is 0 Å². The average Bonchev–Trinajstić information content (AvgIpc) is 2.72. The van der Waals surface area contributed by atoms with E-state index in [2.05, 4.69) is 26.3 Å². The van der Waals surface area contributed by atoms with Crippen molar-refractivity contribution < 1.29 is 9.59 Å². The number of hydrogen-bond acceptors (Lipinski definition) is 3. The summed E-state index contributed by atoms with van der Waals surface area (Å²) in [6.07, 6.45) is 0.681. The van der Waals surface area contributed by atoms with Gasteiger partial charge in [0.1, 0.15) is 0 Å². The van der Waals surface area contributed by atoms with Gasteiger partial charge in [0.15, 0.2) is 5.96 Å². The van der Waals surface area contributed by atoms with Gasteiger partial charge in [-0.2, -0.15) is 0 Å². The Labute approximate surface area is 181 Å². The lowest BCUT2D eigenvalue weighted by molar-refractivity contribution is -0.117. The lowest BCUT2D eigenvalue weighted by Gasteiger charge is -2.26. The predicted molar refractivity (Wildman–Crippen MR) is 121 cm³/mol. The molecule has 1 aliphatic heterocycles. The summed E-state index contributed by atoms with van der Waals surface area (Å²) in [5.74, 6) is 0.511. The summed E-state index contributed by atoms with van der Waals surface area (Å²) in [7, 11) is 1.67. The van der Waals surface area contributed by atoms with Crippen molar-refractivity contribution in [2.24, 2.45) is 4.99 Å². The van der Waals surface area contributed by atoms with Crippen molar-refractivity contribution in [1.82, 2.24) is 10.6 Å². The van der Waals surface area contributed by atoms with E-state index in [9.17, 15) is 9.59 Å². The van der Waals surface area contributed by atoms with E-state index >= 15 is 0 Å². The van der Waals surface area contributed by atoms with Gasteiger partial charge in [-0.15, -0.1) is 0 Å². The van der Waals surface area contributed by atoms with E-state index in [-0.39, 0.29) is 24.2 Å². The van der Waals surface area contributed by atoms with Crippen LogP contribution in [0.4, 0.5) is 11.4 Å². The molecule has 0 fully saturated rings. The molecule has 1 aliphatic rings. The Morgan fingerprint density at radius 2 is 2.03 bits per heavy atom. The van der Waals surface area contributed by atoms with Crippen molar-refractivity contribution in [3.8, 4) is 0 Å². The highest BCUT2D eigenvalue weighted by Gasteiger charge is 2.24. The third-order valence-electron chi connectivity index (χ3n) is 4.89. The Morgan fingerprint density at radius 3 is 2.80 bits per heavy atom. The molecule has 1 heterocycles. The van der Waals surface area contributed by atoms with Crippen molar-refractivity contribution in [3.05, 3.63) is 58.6 Å². The molecule has 7 nitrogen and oxygen atoms in total. The fraction of sp³-hybridized carbons (Fsp3) is 0.318. The fourth-order valence-corrected chi connectivity index (χ4v) is 3.64. The molecule has 0 saturated heterocycles. The molecule has 0 bridgehead atoms. The number of amides is 2. The predicted octanol–water partition coefficient (Wildman–Crippen LogP) is 3.27. The second-order valence-electron chi connectivity index (χ2n) is 7.20. The standard InChI is InChI=1S/C22H26ClN5O2/c1-14-7-8-19(17(23)11-14)28-20(29)9-10-25-22(24-2)26-13-15-12-21(30)27-18-6-4-3-5-16(15)18/h3-8,11,15H,9-10,12-13H2,1-2H3,(H,27,30)(H,28,29)(H2,24,25,26). The molecule has 1 unspecified atom stereocenters. The number of aliphatic imine (C=N–C) groups is 1. The Balaban J connectivity index is 1.46. The van der Waals surface area contributed by atoms with Crippen LogP contribution in [0.2, 0.25) is 5.02 Å². The van der Waals surface area contributed by atoms with E-state index in [4.69, 9.17) is 11.6 Å². The van der Waals surface area contributed by atoms with Crippen LogP contribution in [0.25, 0.3) is 0 Å². The molecule has 0 aliphatic carbocycles. The van der Waals surface area contributed by atoms with Gasteiger partial charge < -0.3 is 21.3 Å². The summed E-state index contributed by atoms with van der Waals surface area (Å²) < 4.78 is 0. The fourth-order valence-electron chi connectivity index (χ4n) is 3.35. The van der Waals surface area contributed by atoms with Crippen LogP contribution in [0, 0.1) is 6.92 Å². The smallest absolute Gasteiger partial charge is 0.226 e. The van der Waals surface area contributed by atoms with E-state index in [1.54, 1.807) is 13.1 Å². The quantitative estimate of drug-likeness (QED) is 0.420. The van der Waals surface area contributed by atoms with Gasteiger partial charge in [0.2, 0.25) is 11.8 Å². The normalized spacial score (nSPS) is 15.8. The van der Waals surface area contributed by atoms with E-state index < -0.39 is 0 Å². The Bertz CT molecular complexity index is 960. The Hall–Kier alpha value is -3.06. The number of carbonyl (C=O) groups is 2. The van der Waals surface area contributed by atoms with Crippen LogP contribution in [-0.2, 0) is 9.59 Å². The first-order valence-electron chi connectivity index (χ1n) is 9.85. The molecular weight excluding hydrogens is 402 g/mol. The summed E-state index contributed by atoms with van der Waals surface area (Å²) in [5, 5.41) is 12.6. The highest BCUT2D eigenvalue weighted by Crippen LogP contribution is 2.31. The van der Waals surface area contributed by atoms with E-state index in [1.807, 2.05) is 43.3 Å². The van der Waals surface area contributed by atoms with Crippen molar-refractivity contribution in [2.75, 3.05) is 30.8 Å². The first-order valence-corrected chi connectivity index (χ1v) is 10.2. The van der Waals surface area contributed by atoms with Crippen LogP contribution in [-0.4, -0.2) is 37.9 Å². The molecule has 0 spiro atoms. The second kappa shape index (κ2) is 10.1. The zero-order chi connectivity index (χ0) is 21.5. The van der Waals surface area contributed by atoms with Crippen LogP contribution in [0.1, 0.15) is 29.9 Å². The number of halogens is 1. The van der Waals surface area contributed by atoms with E-state index in [0.29, 0.717) is 36.2 Å². The van der Waals surface area contributed by atoms with Gasteiger partial charge in [-0.1, -0.05) is 35.9 Å². The number of guanidine groups is 1. The molecule has 0 radical (unpaired) electrons. The van der Waals surface area contributed by atoms with Crippen molar-refractivity contribution in [2.45, 2.75) is 25.7 Å². The summed E-state index contributed by atoms with van der Waals surface area (Å²) in [6, 6.07) is 13.3. The number of nitrogens with one attached hydrogen (secondary N) is 4. The number of benzene rings is 2. The molecular formula is C22H26ClN5O2. The Kier molecular flexibility index (Phi) is 7.30. The summed E-state index contributed by atoms with van der Waals surface area (Å²) in [4.78, 5) is 28.3. The average molecular weight is 428 g/mol.